The van der Waals surface area contributed by atoms with Crippen LogP contribution in [-0.4, -0.2) is 30.6 Å². The molecule has 4 aromatic rings. The second-order valence-corrected chi connectivity index (χ2v) is 6.02. The molecule has 3 N–H and O–H groups in total. The predicted octanol–water partition coefficient (Wildman–Crippen LogP) is 2.88. The van der Waals surface area contributed by atoms with Gasteiger partial charge in [-0.05, 0) is 48.1 Å². The maximum atomic E-state index is 13.8. The number of carbonyl (C=O) groups is 1. The number of nitrogens with one attached hydrogen (secondary N) is 3. The zero-order valence-electron chi connectivity index (χ0n) is 13.4. The second kappa shape index (κ2) is 6.52. The Kier molecular flexibility index (Phi) is 4.05. The predicted molar refractivity (Wildman–Crippen MR) is 96.0 cm³/mol. The van der Waals surface area contributed by atoms with Crippen LogP contribution in [0.15, 0.2) is 48.9 Å². The smallest absolute Gasteiger partial charge is 0.253 e. The standard InChI is InChI=1S/C17H13FN6OS/c18-11-7-12(15-13(8-11)22-17(26)23-15)16(25)20-9-10-2-4-19-14(6-10)24-5-1-3-21-24/h1-8H,9H2,(H,20,25)(H2,22,23,26). The maximum Gasteiger partial charge on any atom is 0.253 e. The number of amides is 1. The largest absolute Gasteiger partial charge is 0.348 e. The minimum atomic E-state index is -0.516. The van der Waals surface area contributed by atoms with E-state index in [4.69, 9.17) is 12.2 Å². The van der Waals surface area contributed by atoms with Crippen LogP contribution in [0.25, 0.3) is 16.9 Å². The number of fused-ring (bicyclic) bond motifs is 1. The lowest BCUT2D eigenvalue weighted by Crippen LogP contribution is -2.23. The quantitative estimate of drug-likeness (QED) is 0.483. The number of aromatic amines is 2. The highest BCUT2D eigenvalue weighted by atomic mass is 32.1. The van der Waals surface area contributed by atoms with E-state index in [0.717, 1.165) is 5.56 Å². The molecule has 0 radical (unpaired) electrons. The van der Waals surface area contributed by atoms with E-state index in [2.05, 4.69) is 25.4 Å². The van der Waals surface area contributed by atoms with Crippen molar-refractivity contribution in [2.24, 2.45) is 0 Å². The minimum Gasteiger partial charge on any atom is -0.348 e. The first-order valence-corrected chi connectivity index (χ1v) is 8.16. The third-order valence-electron chi connectivity index (χ3n) is 3.84. The molecule has 0 saturated heterocycles. The maximum absolute atomic E-state index is 13.8. The number of nitrogens with zero attached hydrogens (tertiary/aromatic N) is 3. The van der Waals surface area contributed by atoms with Crippen LogP contribution in [0.1, 0.15) is 15.9 Å². The molecular formula is C17H13FN6OS. The Hall–Kier alpha value is -3.33. The monoisotopic (exact) mass is 368 g/mol. The highest BCUT2D eigenvalue weighted by Crippen LogP contribution is 2.18. The fourth-order valence-corrected chi connectivity index (χ4v) is 2.88. The summed E-state index contributed by atoms with van der Waals surface area (Å²) in [7, 11) is 0. The van der Waals surface area contributed by atoms with Crippen LogP contribution in [0.2, 0.25) is 0 Å². The van der Waals surface area contributed by atoms with E-state index in [1.807, 2.05) is 6.07 Å². The first-order valence-electron chi connectivity index (χ1n) is 7.75. The van der Waals surface area contributed by atoms with E-state index in [1.54, 1.807) is 35.4 Å². The number of halogens is 1. The zero-order chi connectivity index (χ0) is 18.1. The van der Waals surface area contributed by atoms with Crippen LogP contribution >= 0.6 is 12.2 Å². The van der Waals surface area contributed by atoms with Gasteiger partial charge in [-0.25, -0.2) is 14.1 Å². The average molecular weight is 368 g/mol. The van der Waals surface area contributed by atoms with E-state index in [0.29, 0.717) is 21.6 Å². The number of rotatable bonds is 4. The van der Waals surface area contributed by atoms with Crippen molar-refractivity contribution >= 4 is 29.2 Å². The van der Waals surface area contributed by atoms with Gasteiger partial charge in [0.05, 0.1) is 16.6 Å². The van der Waals surface area contributed by atoms with Crippen LogP contribution in [0.3, 0.4) is 0 Å². The van der Waals surface area contributed by atoms with Crippen molar-refractivity contribution in [2.75, 3.05) is 0 Å². The highest BCUT2D eigenvalue weighted by Gasteiger charge is 2.14. The summed E-state index contributed by atoms with van der Waals surface area (Å²) in [6.45, 7) is 0.263. The Balaban J connectivity index is 1.56. The van der Waals surface area contributed by atoms with Gasteiger partial charge in [0.15, 0.2) is 10.6 Å². The molecule has 9 heteroatoms. The number of hydrogen-bond donors (Lipinski definition) is 3. The first kappa shape index (κ1) is 16.2. The van der Waals surface area contributed by atoms with Crippen LogP contribution < -0.4 is 5.32 Å². The summed E-state index contributed by atoms with van der Waals surface area (Å²) in [5.74, 6) is -0.278. The molecule has 0 saturated carbocycles. The van der Waals surface area contributed by atoms with Crippen molar-refractivity contribution in [1.29, 1.82) is 0 Å². The first-order chi connectivity index (χ1) is 12.6. The Bertz CT molecular complexity index is 1150. The Morgan fingerprint density at radius 2 is 2.15 bits per heavy atom. The molecule has 3 heterocycles. The number of carbonyl (C=O) groups excluding carboxylic acids is 1. The number of aromatic nitrogens is 5. The van der Waals surface area contributed by atoms with Crippen molar-refractivity contribution in [3.05, 3.63) is 70.6 Å². The van der Waals surface area contributed by atoms with E-state index >= 15 is 0 Å². The lowest BCUT2D eigenvalue weighted by Gasteiger charge is -2.08. The molecule has 0 aliphatic rings. The van der Waals surface area contributed by atoms with Gasteiger partial charge in [-0.15, -0.1) is 0 Å². The molecule has 4 rings (SSSR count). The normalized spacial score (nSPS) is 11.0. The molecule has 0 atom stereocenters. The topological polar surface area (TPSA) is 91.4 Å². The van der Waals surface area contributed by atoms with Crippen LogP contribution in [0, 0.1) is 10.6 Å². The summed E-state index contributed by atoms with van der Waals surface area (Å²) >= 11 is 5.02. The van der Waals surface area contributed by atoms with Gasteiger partial charge in [-0.1, -0.05) is 0 Å². The molecule has 0 unspecified atom stereocenters. The average Bonchev–Trinajstić information content (AvgIpc) is 3.28. The van der Waals surface area contributed by atoms with Crippen LogP contribution in [0.5, 0.6) is 0 Å². The van der Waals surface area contributed by atoms with Crippen molar-refractivity contribution < 1.29 is 9.18 Å². The molecular weight excluding hydrogens is 355 g/mol. The van der Waals surface area contributed by atoms with Crippen LogP contribution in [0.4, 0.5) is 4.39 Å². The van der Waals surface area contributed by atoms with Gasteiger partial charge in [-0.2, -0.15) is 5.10 Å². The Morgan fingerprint density at radius 1 is 1.27 bits per heavy atom. The number of pyridine rings is 1. The van der Waals surface area contributed by atoms with Gasteiger partial charge >= 0.3 is 0 Å². The van der Waals surface area contributed by atoms with Gasteiger partial charge in [-0.3, -0.25) is 4.79 Å². The Labute approximate surface area is 151 Å². The summed E-state index contributed by atoms with van der Waals surface area (Å²) in [4.78, 5) is 22.5. The third kappa shape index (κ3) is 3.11. The fraction of sp³-hybridized carbons (Fsp3) is 0.0588. The summed E-state index contributed by atoms with van der Waals surface area (Å²) in [6, 6.07) is 7.87. The SMILES string of the molecule is O=C(NCc1ccnc(-n2cccn2)c1)c1cc(F)cc2[nH]c(=S)[nH]c12. The van der Waals surface area contributed by atoms with Gasteiger partial charge in [0.1, 0.15) is 5.82 Å². The third-order valence-corrected chi connectivity index (χ3v) is 4.04. The van der Waals surface area contributed by atoms with Gasteiger partial charge in [0.2, 0.25) is 0 Å². The number of imidazole rings is 1. The van der Waals surface area contributed by atoms with Crippen LogP contribution in [-0.2, 0) is 6.54 Å². The summed E-state index contributed by atoms with van der Waals surface area (Å²) in [6.07, 6.45) is 5.08. The van der Waals surface area contributed by atoms with Crippen molar-refractivity contribution in [2.45, 2.75) is 6.54 Å². The van der Waals surface area contributed by atoms with E-state index < -0.39 is 11.7 Å². The fourth-order valence-electron chi connectivity index (χ4n) is 2.66. The molecule has 0 aliphatic heterocycles. The molecule has 0 bridgehead atoms. The summed E-state index contributed by atoms with van der Waals surface area (Å²) in [5, 5.41) is 6.91. The number of H-pyrrole nitrogens is 2. The molecule has 1 aromatic carbocycles. The number of benzene rings is 1. The van der Waals surface area contributed by atoms with Gasteiger partial charge in [0, 0.05) is 25.1 Å². The lowest BCUT2D eigenvalue weighted by molar-refractivity contribution is 0.0952. The second-order valence-electron chi connectivity index (χ2n) is 5.61. The lowest BCUT2D eigenvalue weighted by atomic mass is 10.1. The molecule has 1 amide bonds. The highest BCUT2D eigenvalue weighted by molar-refractivity contribution is 7.71. The van der Waals surface area contributed by atoms with Crippen molar-refractivity contribution in [3.63, 3.8) is 0 Å². The number of hydrogen-bond acceptors (Lipinski definition) is 4. The molecule has 130 valence electrons. The summed E-state index contributed by atoms with van der Waals surface area (Å²) < 4.78 is 15.7. The molecule has 0 spiro atoms. The van der Waals surface area contributed by atoms with E-state index in [9.17, 15) is 9.18 Å². The van der Waals surface area contributed by atoms with E-state index in [1.165, 1.54) is 12.1 Å². The molecule has 0 aliphatic carbocycles. The zero-order valence-corrected chi connectivity index (χ0v) is 14.2. The van der Waals surface area contributed by atoms with Gasteiger partial charge in [0.25, 0.3) is 5.91 Å². The molecule has 3 aromatic heterocycles. The summed E-state index contributed by atoms with van der Waals surface area (Å²) in [5.41, 5.74) is 1.95. The Morgan fingerprint density at radius 3 is 2.96 bits per heavy atom. The molecule has 26 heavy (non-hydrogen) atoms. The van der Waals surface area contributed by atoms with E-state index in [-0.39, 0.29) is 12.1 Å². The van der Waals surface area contributed by atoms with Crippen molar-refractivity contribution in [3.8, 4) is 5.82 Å². The molecule has 0 fully saturated rings. The molecule has 7 nitrogen and oxygen atoms in total. The minimum absolute atomic E-state index is 0.189. The van der Waals surface area contributed by atoms with Gasteiger partial charge < -0.3 is 15.3 Å². The van der Waals surface area contributed by atoms with Crippen molar-refractivity contribution in [1.82, 2.24) is 30.0 Å².